The molecule has 0 fully saturated rings. The largest absolute Gasteiger partial charge is 0.388 e. The fourth-order valence-electron chi connectivity index (χ4n) is 2.45. The fraction of sp³-hybridized carbons (Fsp3) is 0.125. The lowest BCUT2D eigenvalue weighted by Crippen LogP contribution is -1.99. The molecule has 1 aromatic heterocycles. The molecule has 0 saturated carbocycles. The molecule has 3 rings (SSSR count). The lowest BCUT2D eigenvalue weighted by atomic mass is 10.0. The minimum atomic E-state index is -0.894. The van der Waals surface area contributed by atoms with Gasteiger partial charge in [0.2, 0.25) is 0 Å². The molecule has 0 aliphatic carbocycles. The van der Waals surface area contributed by atoms with E-state index >= 15 is 0 Å². The standard InChI is InChI=1S/C16H14N2O3/c1-10(19)13-8-12(6-7-16(13)18(20)21)15-9-11-4-2-3-5-14(11)17-15/h2-10,17,19H,1H3. The lowest BCUT2D eigenvalue weighted by molar-refractivity contribution is -0.386. The van der Waals surface area contributed by atoms with Crippen molar-refractivity contribution in [1.82, 2.24) is 4.98 Å². The normalized spacial score (nSPS) is 12.5. The van der Waals surface area contributed by atoms with Crippen LogP contribution in [0.4, 0.5) is 5.69 Å². The molecule has 1 heterocycles. The first-order chi connectivity index (χ1) is 10.1. The second kappa shape index (κ2) is 5.03. The van der Waals surface area contributed by atoms with Gasteiger partial charge in [-0.2, -0.15) is 0 Å². The molecule has 21 heavy (non-hydrogen) atoms. The Morgan fingerprint density at radius 3 is 2.62 bits per heavy atom. The summed E-state index contributed by atoms with van der Waals surface area (Å²) >= 11 is 0. The molecule has 0 bridgehead atoms. The first kappa shape index (κ1) is 13.3. The Bertz CT molecular complexity index is 788. The summed E-state index contributed by atoms with van der Waals surface area (Å²) in [6.45, 7) is 1.53. The Balaban J connectivity index is 2.14. The molecule has 1 unspecified atom stereocenters. The van der Waals surface area contributed by atoms with Gasteiger partial charge in [-0.25, -0.2) is 0 Å². The Morgan fingerprint density at radius 2 is 1.95 bits per heavy atom. The van der Waals surface area contributed by atoms with Gasteiger partial charge in [0.25, 0.3) is 5.69 Å². The number of nitro groups is 1. The third-order valence-electron chi connectivity index (χ3n) is 3.52. The van der Waals surface area contributed by atoms with Crippen molar-refractivity contribution >= 4 is 16.6 Å². The SMILES string of the molecule is CC(O)c1cc(-c2cc3ccccc3[nH]2)ccc1[N+](=O)[O-]. The molecule has 0 spiro atoms. The van der Waals surface area contributed by atoms with Gasteiger partial charge < -0.3 is 10.1 Å². The summed E-state index contributed by atoms with van der Waals surface area (Å²) in [6.07, 6.45) is -0.894. The summed E-state index contributed by atoms with van der Waals surface area (Å²) in [5, 5.41) is 21.8. The van der Waals surface area contributed by atoms with Gasteiger partial charge >= 0.3 is 0 Å². The molecule has 5 heteroatoms. The van der Waals surface area contributed by atoms with Gasteiger partial charge in [0.05, 0.1) is 16.6 Å². The maximum Gasteiger partial charge on any atom is 0.275 e. The summed E-state index contributed by atoms with van der Waals surface area (Å²) in [6, 6.07) is 14.6. The number of aromatic amines is 1. The zero-order chi connectivity index (χ0) is 15.0. The van der Waals surface area contributed by atoms with Crippen molar-refractivity contribution in [2.75, 3.05) is 0 Å². The Morgan fingerprint density at radius 1 is 1.19 bits per heavy atom. The van der Waals surface area contributed by atoms with Gasteiger partial charge in [-0.1, -0.05) is 18.2 Å². The van der Waals surface area contributed by atoms with E-state index in [1.165, 1.54) is 13.0 Å². The summed E-state index contributed by atoms with van der Waals surface area (Å²) in [5.41, 5.74) is 2.94. The minimum absolute atomic E-state index is 0.0649. The number of aliphatic hydroxyl groups is 1. The maximum absolute atomic E-state index is 11.0. The molecule has 0 saturated heterocycles. The van der Waals surface area contributed by atoms with E-state index in [0.717, 1.165) is 22.2 Å². The second-order valence-corrected chi connectivity index (χ2v) is 4.98. The van der Waals surface area contributed by atoms with Gasteiger partial charge in [-0.05, 0) is 36.8 Å². The highest BCUT2D eigenvalue weighted by molar-refractivity contribution is 5.86. The van der Waals surface area contributed by atoms with Crippen LogP contribution < -0.4 is 0 Å². The fourth-order valence-corrected chi connectivity index (χ4v) is 2.45. The number of fused-ring (bicyclic) bond motifs is 1. The van der Waals surface area contributed by atoms with Crippen molar-refractivity contribution in [2.45, 2.75) is 13.0 Å². The van der Waals surface area contributed by atoms with Crippen LogP contribution >= 0.6 is 0 Å². The van der Waals surface area contributed by atoms with Crippen LogP contribution in [0.2, 0.25) is 0 Å². The highest BCUT2D eigenvalue weighted by Crippen LogP contribution is 2.31. The van der Waals surface area contributed by atoms with Gasteiger partial charge in [0, 0.05) is 22.7 Å². The van der Waals surface area contributed by atoms with Crippen molar-refractivity contribution < 1.29 is 10.0 Å². The third-order valence-corrected chi connectivity index (χ3v) is 3.52. The van der Waals surface area contributed by atoms with Crippen molar-refractivity contribution in [3.8, 4) is 11.3 Å². The summed E-state index contributed by atoms with van der Waals surface area (Å²) < 4.78 is 0. The molecule has 3 aromatic rings. The van der Waals surface area contributed by atoms with Crippen LogP contribution in [-0.4, -0.2) is 15.0 Å². The highest BCUT2D eigenvalue weighted by Gasteiger charge is 2.18. The third kappa shape index (κ3) is 2.39. The van der Waals surface area contributed by atoms with Crippen molar-refractivity contribution in [2.24, 2.45) is 0 Å². The second-order valence-electron chi connectivity index (χ2n) is 4.98. The first-order valence-corrected chi connectivity index (χ1v) is 6.61. The van der Waals surface area contributed by atoms with E-state index in [2.05, 4.69) is 4.98 Å². The van der Waals surface area contributed by atoms with E-state index < -0.39 is 11.0 Å². The number of nitrogens with zero attached hydrogens (tertiary/aromatic N) is 1. The zero-order valence-electron chi connectivity index (χ0n) is 11.4. The average molecular weight is 282 g/mol. The number of rotatable bonds is 3. The Kier molecular flexibility index (Phi) is 3.19. The van der Waals surface area contributed by atoms with Gasteiger partial charge in [0.1, 0.15) is 0 Å². The Hall–Kier alpha value is -2.66. The van der Waals surface area contributed by atoms with E-state index in [0.29, 0.717) is 5.56 Å². The van der Waals surface area contributed by atoms with E-state index in [-0.39, 0.29) is 5.69 Å². The van der Waals surface area contributed by atoms with Crippen molar-refractivity contribution in [3.05, 3.63) is 64.2 Å². The van der Waals surface area contributed by atoms with Gasteiger partial charge in [-0.3, -0.25) is 10.1 Å². The van der Waals surface area contributed by atoms with E-state index in [9.17, 15) is 15.2 Å². The topological polar surface area (TPSA) is 79.2 Å². The summed E-state index contributed by atoms with van der Waals surface area (Å²) in [7, 11) is 0. The molecule has 0 aliphatic rings. The van der Waals surface area contributed by atoms with Crippen LogP contribution in [0, 0.1) is 10.1 Å². The van der Waals surface area contributed by atoms with Gasteiger partial charge in [-0.15, -0.1) is 0 Å². The number of H-pyrrole nitrogens is 1. The molecule has 106 valence electrons. The molecule has 5 nitrogen and oxygen atoms in total. The highest BCUT2D eigenvalue weighted by atomic mass is 16.6. The maximum atomic E-state index is 11.0. The summed E-state index contributed by atoms with van der Waals surface area (Å²) in [5.74, 6) is 0. The molecule has 1 atom stereocenters. The molecular formula is C16H14N2O3. The molecule has 0 radical (unpaired) electrons. The molecular weight excluding hydrogens is 268 g/mol. The number of nitro benzene ring substituents is 1. The smallest absolute Gasteiger partial charge is 0.275 e. The average Bonchev–Trinajstić information content (AvgIpc) is 2.90. The van der Waals surface area contributed by atoms with Gasteiger partial charge in [0.15, 0.2) is 0 Å². The van der Waals surface area contributed by atoms with Crippen LogP contribution in [0.25, 0.3) is 22.2 Å². The predicted molar refractivity (Wildman–Crippen MR) is 81.0 cm³/mol. The van der Waals surface area contributed by atoms with Crippen LogP contribution in [0.15, 0.2) is 48.5 Å². The Labute approximate surface area is 121 Å². The van der Waals surface area contributed by atoms with E-state index in [1.807, 2.05) is 30.3 Å². The monoisotopic (exact) mass is 282 g/mol. The number of hydrogen-bond acceptors (Lipinski definition) is 3. The van der Waals surface area contributed by atoms with E-state index in [4.69, 9.17) is 0 Å². The number of hydrogen-bond donors (Lipinski definition) is 2. The van der Waals surface area contributed by atoms with E-state index in [1.54, 1.807) is 12.1 Å². The molecule has 0 amide bonds. The summed E-state index contributed by atoms with van der Waals surface area (Å²) in [4.78, 5) is 13.8. The van der Waals surface area contributed by atoms with Crippen molar-refractivity contribution in [3.63, 3.8) is 0 Å². The number of aliphatic hydroxyl groups excluding tert-OH is 1. The number of benzene rings is 2. The lowest BCUT2D eigenvalue weighted by Gasteiger charge is -2.07. The minimum Gasteiger partial charge on any atom is -0.388 e. The van der Waals surface area contributed by atoms with Crippen LogP contribution in [0.1, 0.15) is 18.6 Å². The number of aromatic nitrogens is 1. The van der Waals surface area contributed by atoms with Crippen LogP contribution in [-0.2, 0) is 0 Å². The predicted octanol–water partition coefficient (Wildman–Crippen LogP) is 3.80. The first-order valence-electron chi connectivity index (χ1n) is 6.61. The quantitative estimate of drug-likeness (QED) is 0.566. The molecule has 2 N–H and O–H groups in total. The molecule has 0 aliphatic heterocycles. The van der Waals surface area contributed by atoms with Crippen LogP contribution in [0.3, 0.4) is 0 Å². The number of nitrogens with one attached hydrogen (secondary N) is 1. The van der Waals surface area contributed by atoms with Crippen LogP contribution in [0.5, 0.6) is 0 Å². The zero-order valence-corrected chi connectivity index (χ0v) is 11.4. The van der Waals surface area contributed by atoms with Crippen molar-refractivity contribution in [1.29, 1.82) is 0 Å². The molecule has 2 aromatic carbocycles. The number of para-hydroxylation sites is 1.